The number of hydrogen-bond acceptors (Lipinski definition) is 5. The lowest BCUT2D eigenvalue weighted by Gasteiger charge is -2.36. The third kappa shape index (κ3) is 3.39. The molecule has 0 aromatic heterocycles. The molecule has 7 heteroatoms. The molecule has 3 aromatic rings. The molecular weight excluding hydrogens is 462 g/mol. The number of ether oxygens (including phenoxy) is 1. The molecule has 1 amide bonds. The van der Waals surface area contributed by atoms with E-state index in [1.165, 1.54) is 7.11 Å². The Kier molecular flexibility index (Phi) is 5.58. The third-order valence-electron chi connectivity index (χ3n) is 6.99. The number of halogens is 1. The van der Waals surface area contributed by atoms with E-state index in [0.29, 0.717) is 21.9 Å². The van der Waals surface area contributed by atoms with Gasteiger partial charge in [-0.25, -0.2) is 0 Å². The number of carbonyl (C=O) groups excluding carboxylic acids is 2. The zero-order valence-electron chi connectivity index (χ0n) is 18.9. The number of nitriles is 1. The van der Waals surface area contributed by atoms with Gasteiger partial charge in [0.15, 0.2) is 11.2 Å². The van der Waals surface area contributed by atoms with Crippen LogP contribution in [0.2, 0.25) is 5.02 Å². The van der Waals surface area contributed by atoms with Gasteiger partial charge in [-0.1, -0.05) is 66.2 Å². The Balaban J connectivity index is 1.80. The van der Waals surface area contributed by atoms with Gasteiger partial charge in [0.1, 0.15) is 11.8 Å². The van der Waals surface area contributed by atoms with Crippen molar-refractivity contribution in [3.05, 3.63) is 101 Å². The summed E-state index contributed by atoms with van der Waals surface area (Å²) in [4.78, 5) is 29.3. The first-order chi connectivity index (χ1) is 16.9. The van der Waals surface area contributed by atoms with Gasteiger partial charge in [-0.3, -0.25) is 9.59 Å². The van der Waals surface area contributed by atoms with Crippen molar-refractivity contribution in [1.29, 1.82) is 5.26 Å². The summed E-state index contributed by atoms with van der Waals surface area (Å²) < 4.78 is 5.34. The maximum absolute atomic E-state index is 14.2. The van der Waals surface area contributed by atoms with E-state index in [1.807, 2.05) is 35.2 Å². The SMILES string of the molecule is COc1cccc(C(=O)[C@H]2[C@@H](c3ccc(Cl)cc3)[C@@](C#N)(C(N)=O)[C@H]3C=Cc4ccccc4N23)c1. The number of nitrogens with zero attached hydrogens (tertiary/aromatic N) is 2. The normalized spacial score (nSPS) is 24.3. The minimum atomic E-state index is -1.70. The van der Waals surface area contributed by atoms with E-state index < -0.39 is 29.3 Å². The van der Waals surface area contributed by atoms with Crippen molar-refractivity contribution in [3.8, 4) is 11.8 Å². The fourth-order valence-corrected chi connectivity index (χ4v) is 5.54. The maximum atomic E-state index is 14.2. The lowest BCUT2D eigenvalue weighted by molar-refractivity contribution is -0.125. The van der Waals surface area contributed by atoms with Crippen molar-refractivity contribution in [2.75, 3.05) is 12.0 Å². The number of fused-ring (bicyclic) bond motifs is 3. The fraction of sp³-hybridized carbons (Fsp3) is 0.179. The van der Waals surface area contributed by atoms with E-state index >= 15 is 0 Å². The molecule has 6 nitrogen and oxygen atoms in total. The van der Waals surface area contributed by atoms with Crippen molar-refractivity contribution in [3.63, 3.8) is 0 Å². The van der Waals surface area contributed by atoms with Crippen LogP contribution < -0.4 is 15.4 Å². The van der Waals surface area contributed by atoms with Gasteiger partial charge in [0.2, 0.25) is 5.91 Å². The van der Waals surface area contributed by atoms with Crippen molar-refractivity contribution in [1.82, 2.24) is 0 Å². The van der Waals surface area contributed by atoms with Gasteiger partial charge in [0.05, 0.1) is 19.2 Å². The molecule has 5 rings (SSSR count). The number of amides is 1. The first-order valence-electron chi connectivity index (χ1n) is 11.1. The molecular formula is C28H22ClN3O3. The molecule has 35 heavy (non-hydrogen) atoms. The summed E-state index contributed by atoms with van der Waals surface area (Å²) in [5, 5.41) is 11.1. The second kappa shape index (κ2) is 8.61. The number of ketones is 1. The highest BCUT2D eigenvalue weighted by atomic mass is 35.5. The summed E-state index contributed by atoms with van der Waals surface area (Å²) in [5.74, 6) is -1.33. The monoisotopic (exact) mass is 483 g/mol. The summed E-state index contributed by atoms with van der Waals surface area (Å²) >= 11 is 6.14. The molecule has 2 N–H and O–H groups in total. The topological polar surface area (TPSA) is 96.4 Å². The van der Waals surface area contributed by atoms with Gasteiger partial charge < -0.3 is 15.4 Å². The van der Waals surface area contributed by atoms with E-state index in [2.05, 4.69) is 6.07 Å². The predicted molar refractivity (Wildman–Crippen MR) is 134 cm³/mol. The third-order valence-corrected chi connectivity index (χ3v) is 7.24. The summed E-state index contributed by atoms with van der Waals surface area (Å²) in [6.45, 7) is 0. The van der Waals surface area contributed by atoms with Crippen LogP contribution in [-0.2, 0) is 4.79 Å². The molecule has 1 saturated heterocycles. The van der Waals surface area contributed by atoms with Crippen LogP contribution in [0.4, 0.5) is 5.69 Å². The molecule has 0 saturated carbocycles. The number of rotatable bonds is 5. The standard InChI is InChI=1S/C28H22ClN3O3/c1-35-21-7-4-6-19(15-21)26(33)25-24(18-9-12-20(29)13-10-18)28(16-30,27(31)34)23-14-11-17-5-2-3-8-22(17)32(23)25/h2-15,23-25H,1H3,(H2,31,34)/t23-,24-,25-,28+/m1/s1. The molecule has 4 atom stereocenters. The average Bonchev–Trinajstić information content (AvgIpc) is 3.20. The van der Waals surface area contributed by atoms with Crippen molar-refractivity contribution >= 4 is 35.1 Å². The Morgan fingerprint density at radius 2 is 1.83 bits per heavy atom. The lowest BCUT2D eigenvalue weighted by atomic mass is 9.67. The Morgan fingerprint density at radius 1 is 1.09 bits per heavy atom. The Hall–Kier alpha value is -4.08. The van der Waals surface area contributed by atoms with Crippen LogP contribution in [0.15, 0.2) is 78.9 Å². The Bertz CT molecular complexity index is 1400. The molecule has 0 radical (unpaired) electrons. The number of nitrogens with two attached hydrogens (primary N) is 1. The van der Waals surface area contributed by atoms with Crippen LogP contribution in [0, 0.1) is 16.7 Å². The summed E-state index contributed by atoms with van der Waals surface area (Å²) in [6, 6.07) is 22.0. The number of anilines is 1. The highest BCUT2D eigenvalue weighted by molar-refractivity contribution is 6.30. The molecule has 0 spiro atoms. The number of primary amides is 1. The van der Waals surface area contributed by atoms with Gasteiger partial charge in [0, 0.05) is 22.2 Å². The minimum absolute atomic E-state index is 0.239. The van der Waals surface area contributed by atoms with Gasteiger partial charge in [-0.15, -0.1) is 0 Å². The molecule has 2 aliphatic heterocycles. The van der Waals surface area contributed by atoms with Crippen LogP contribution in [0.25, 0.3) is 6.08 Å². The quantitative estimate of drug-likeness (QED) is 0.535. The van der Waals surface area contributed by atoms with Crippen molar-refractivity contribution < 1.29 is 14.3 Å². The largest absolute Gasteiger partial charge is 0.497 e. The lowest BCUT2D eigenvalue weighted by Crippen LogP contribution is -2.49. The molecule has 0 aliphatic carbocycles. The Labute approximate surface area is 208 Å². The number of para-hydroxylation sites is 1. The van der Waals surface area contributed by atoms with Crippen LogP contribution in [0.1, 0.15) is 27.4 Å². The number of benzene rings is 3. The highest BCUT2D eigenvalue weighted by Crippen LogP contribution is 2.55. The minimum Gasteiger partial charge on any atom is -0.497 e. The molecule has 0 unspecified atom stereocenters. The first kappa shape index (κ1) is 22.7. The second-order valence-electron chi connectivity index (χ2n) is 8.69. The summed E-state index contributed by atoms with van der Waals surface area (Å²) in [6.07, 6.45) is 3.68. The fourth-order valence-electron chi connectivity index (χ4n) is 5.42. The van der Waals surface area contributed by atoms with E-state index in [-0.39, 0.29) is 5.78 Å². The summed E-state index contributed by atoms with van der Waals surface area (Å²) in [5.41, 5.74) is 7.00. The van der Waals surface area contributed by atoms with Crippen molar-refractivity contribution in [2.45, 2.75) is 18.0 Å². The maximum Gasteiger partial charge on any atom is 0.241 e. The number of methoxy groups -OCH3 is 1. The second-order valence-corrected chi connectivity index (χ2v) is 9.12. The van der Waals surface area contributed by atoms with Crippen LogP contribution in [0.5, 0.6) is 5.75 Å². The Morgan fingerprint density at radius 3 is 2.51 bits per heavy atom. The first-order valence-corrected chi connectivity index (χ1v) is 11.5. The molecule has 3 aromatic carbocycles. The molecule has 174 valence electrons. The van der Waals surface area contributed by atoms with Crippen LogP contribution >= 0.6 is 11.6 Å². The number of Topliss-reactive ketones (excluding diaryl/α,β-unsaturated/α-hetero) is 1. The molecule has 0 bridgehead atoms. The van der Waals surface area contributed by atoms with Gasteiger partial charge >= 0.3 is 0 Å². The summed E-state index contributed by atoms with van der Waals surface area (Å²) in [7, 11) is 1.53. The zero-order valence-corrected chi connectivity index (χ0v) is 19.6. The highest BCUT2D eigenvalue weighted by Gasteiger charge is 2.65. The average molecular weight is 484 g/mol. The predicted octanol–water partition coefficient (Wildman–Crippen LogP) is 4.59. The number of hydrogen-bond donors (Lipinski definition) is 1. The van der Waals surface area contributed by atoms with Crippen LogP contribution in [-0.4, -0.2) is 30.9 Å². The zero-order chi connectivity index (χ0) is 24.7. The van der Waals surface area contributed by atoms with Crippen LogP contribution in [0.3, 0.4) is 0 Å². The van der Waals surface area contributed by atoms with E-state index in [9.17, 15) is 14.9 Å². The molecule has 2 aliphatic rings. The van der Waals surface area contributed by atoms with E-state index in [4.69, 9.17) is 22.1 Å². The van der Waals surface area contributed by atoms with Crippen molar-refractivity contribution in [2.24, 2.45) is 11.1 Å². The van der Waals surface area contributed by atoms with Gasteiger partial charge in [-0.05, 0) is 41.5 Å². The molecule has 2 heterocycles. The number of carbonyl (C=O) groups is 2. The van der Waals surface area contributed by atoms with E-state index in [0.717, 1.165) is 11.3 Å². The van der Waals surface area contributed by atoms with E-state index in [1.54, 1.807) is 54.6 Å². The van der Waals surface area contributed by atoms with Gasteiger partial charge in [0.25, 0.3) is 0 Å². The molecule has 1 fully saturated rings. The van der Waals surface area contributed by atoms with Gasteiger partial charge in [-0.2, -0.15) is 5.26 Å². The smallest absolute Gasteiger partial charge is 0.241 e.